The number of carbonyl (C=O) groups excluding carboxylic acids is 1. The summed E-state index contributed by atoms with van der Waals surface area (Å²) in [7, 11) is 0. The lowest BCUT2D eigenvalue weighted by atomic mass is 10.1. The van der Waals surface area contributed by atoms with Gasteiger partial charge in [0.05, 0.1) is 0 Å². The molecule has 1 aliphatic rings. The second-order valence-corrected chi connectivity index (χ2v) is 3.82. The SMILES string of the molecule is O=C(CBr)OCCN1CCCCC1. The molecule has 0 aliphatic carbocycles. The Morgan fingerprint density at radius 3 is 2.62 bits per heavy atom. The van der Waals surface area contributed by atoms with Crippen LogP contribution in [0.2, 0.25) is 0 Å². The zero-order chi connectivity index (χ0) is 9.52. The van der Waals surface area contributed by atoms with Gasteiger partial charge in [-0.05, 0) is 25.9 Å². The average Bonchev–Trinajstić information content (AvgIpc) is 2.19. The largest absolute Gasteiger partial charge is 0.464 e. The van der Waals surface area contributed by atoms with Crippen molar-refractivity contribution >= 4 is 21.9 Å². The van der Waals surface area contributed by atoms with Crippen LogP contribution in [-0.4, -0.2) is 42.4 Å². The first-order chi connectivity index (χ1) is 6.33. The molecule has 0 radical (unpaired) electrons. The fourth-order valence-electron chi connectivity index (χ4n) is 1.51. The first-order valence-electron chi connectivity index (χ1n) is 4.77. The molecule has 0 N–H and O–H groups in total. The van der Waals surface area contributed by atoms with Gasteiger partial charge in [0, 0.05) is 6.54 Å². The number of rotatable bonds is 4. The summed E-state index contributed by atoms with van der Waals surface area (Å²) in [4.78, 5) is 13.1. The molecule has 1 aliphatic heterocycles. The van der Waals surface area contributed by atoms with Gasteiger partial charge in [-0.15, -0.1) is 0 Å². The van der Waals surface area contributed by atoms with Gasteiger partial charge >= 0.3 is 5.97 Å². The molecule has 3 nitrogen and oxygen atoms in total. The second kappa shape index (κ2) is 6.38. The van der Waals surface area contributed by atoms with Crippen LogP contribution >= 0.6 is 15.9 Å². The molecular weight excluding hydrogens is 234 g/mol. The minimum atomic E-state index is -0.169. The summed E-state index contributed by atoms with van der Waals surface area (Å²) in [6.45, 7) is 3.74. The minimum Gasteiger partial charge on any atom is -0.464 e. The highest BCUT2D eigenvalue weighted by Gasteiger charge is 2.09. The Morgan fingerprint density at radius 2 is 2.00 bits per heavy atom. The van der Waals surface area contributed by atoms with Crippen molar-refractivity contribution < 1.29 is 9.53 Å². The Balaban J connectivity index is 2.01. The number of carbonyl (C=O) groups is 1. The third kappa shape index (κ3) is 4.62. The molecule has 1 heterocycles. The molecule has 1 saturated heterocycles. The molecule has 0 atom stereocenters. The van der Waals surface area contributed by atoms with Crippen molar-refractivity contribution in [2.24, 2.45) is 0 Å². The maximum atomic E-state index is 10.8. The predicted octanol–water partition coefficient (Wildman–Crippen LogP) is 1.41. The average molecular weight is 250 g/mol. The molecule has 13 heavy (non-hydrogen) atoms. The number of piperidine rings is 1. The number of ether oxygens (including phenoxy) is 1. The first-order valence-corrected chi connectivity index (χ1v) is 5.89. The summed E-state index contributed by atoms with van der Waals surface area (Å²) in [5.74, 6) is -0.169. The van der Waals surface area contributed by atoms with Crippen LogP contribution in [0.25, 0.3) is 0 Å². The van der Waals surface area contributed by atoms with Gasteiger partial charge in [0.2, 0.25) is 0 Å². The number of nitrogens with zero attached hydrogens (tertiary/aromatic N) is 1. The lowest BCUT2D eigenvalue weighted by Crippen LogP contribution is -2.33. The number of hydrogen-bond donors (Lipinski definition) is 0. The Kier molecular flexibility index (Phi) is 5.39. The standard InChI is InChI=1S/C9H16BrNO2/c10-8-9(12)13-7-6-11-4-2-1-3-5-11/h1-8H2. The maximum Gasteiger partial charge on any atom is 0.316 e. The van der Waals surface area contributed by atoms with Crippen molar-refractivity contribution in [2.45, 2.75) is 19.3 Å². The zero-order valence-electron chi connectivity index (χ0n) is 7.80. The third-order valence-electron chi connectivity index (χ3n) is 2.23. The summed E-state index contributed by atoms with van der Waals surface area (Å²) in [5, 5.41) is 0.299. The lowest BCUT2D eigenvalue weighted by molar-refractivity contribution is -0.140. The van der Waals surface area contributed by atoms with Crippen molar-refractivity contribution in [1.29, 1.82) is 0 Å². The summed E-state index contributed by atoms with van der Waals surface area (Å²) in [6, 6.07) is 0. The second-order valence-electron chi connectivity index (χ2n) is 3.26. The van der Waals surface area contributed by atoms with Crippen LogP contribution in [0.1, 0.15) is 19.3 Å². The van der Waals surface area contributed by atoms with E-state index in [2.05, 4.69) is 20.8 Å². The fraction of sp³-hybridized carbons (Fsp3) is 0.889. The van der Waals surface area contributed by atoms with E-state index in [1.165, 1.54) is 19.3 Å². The highest BCUT2D eigenvalue weighted by atomic mass is 79.9. The Bertz CT molecular complexity index is 158. The van der Waals surface area contributed by atoms with Gasteiger partial charge in [-0.1, -0.05) is 22.4 Å². The monoisotopic (exact) mass is 249 g/mol. The molecule has 0 unspecified atom stereocenters. The topological polar surface area (TPSA) is 29.5 Å². The van der Waals surface area contributed by atoms with E-state index in [0.29, 0.717) is 11.9 Å². The van der Waals surface area contributed by atoms with Crippen molar-refractivity contribution in [3.8, 4) is 0 Å². The summed E-state index contributed by atoms with van der Waals surface area (Å²) >= 11 is 3.05. The van der Waals surface area contributed by atoms with E-state index < -0.39 is 0 Å². The number of halogens is 1. The normalized spacial score (nSPS) is 18.5. The molecule has 4 heteroatoms. The van der Waals surface area contributed by atoms with Gasteiger partial charge in [0.25, 0.3) is 0 Å². The van der Waals surface area contributed by atoms with Gasteiger partial charge in [0.15, 0.2) is 0 Å². The van der Waals surface area contributed by atoms with E-state index in [-0.39, 0.29) is 5.97 Å². The summed E-state index contributed by atoms with van der Waals surface area (Å²) in [6.07, 6.45) is 3.91. The lowest BCUT2D eigenvalue weighted by Gasteiger charge is -2.25. The van der Waals surface area contributed by atoms with Gasteiger partial charge in [0.1, 0.15) is 11.9 Å². The fourth-order valence-corrected chi connectivity index (χ4v) is 1.67. The van der Waals surface area contributed by atoms with Crippen molar-refractivity contribution in [3.63, 3.8) is 0 Å². The molecular formula is C9H16BrNO2. The number of hydrogen-bond acceptors (Lipinski definition) is 3. The Morgan fingerprint density at radius 1 is 1.31 bits per heavy atom. The molecule has 0 spiro atoms. The summed E-state index contributed by atoms with van der Waals surface area (Å²) in [5.41, 5.74) is 0. The minimum absolute atomic E-state index is 0.169. The molecule has 0 saturated carbocycles. The van der Waals surface area contributed by atoms with E-state index in [4.69, 9.17) is 4.74 Å². The van der Waals surface area contributed by atoms with E-state index in [9.17, 15) is 4.79 Å². The zero-order valence-corrected chi connectivity index (χ0v) is 9.38. The maximum absolute atomic E-state index is 10.8. The van der Waals surface area contributed by atoms with Crippen LogP contribution in [0.3, 0.4) is 0 Å². The quantitative estimate of drug-likeness (QED) is 0.558. The molecule has 0 bridgehead atoms. The van der Waals surface area contributed by atoms with E-state index in [1.807, 2.05) is 0 Å². The van der Waals surface area contributed by atoms with Crippen LogP contribution in [0, 0.1) is 0 Å². The third-order valence-corrected chi connectivity index (χ3v) is 2.69. The van der Waals surface area contributed by atoms with E-state index >= 15 is 0 Å². The van der Waals surface area contributed by atoms with Gasteiger partial charge in [-0.25, -0.2) is 0 Å². The molecule has 0 aromatic heterocycles. The van der Waals surface area contributed by atoms with Crippen molar-refractivity contribution in [2.75, 3.05) is 31.6 Å². The smallest absolute Gasteiger partial charge is 0.316 e. The highest BCUT2D eigenvalue weighted by molar-refractivity contribution is 9.09. The van der Waals surface area contributed by atoms with Crippen LogP contribution in [-0.2, 0) is 9.53 Å². The van der Waals surface area contributed by atoms with Crippen molar-refractivity contribution in [3.05, 3.63) is 0 Å². The van der Waals surface area contributed by atoms with Crippen molar-refractivity contribution in [1.82, 2.24) is 4.90 Å². The number of alkyl halides is 1. The molecule has 0 aromatic rings. The first kappa shape index (κ1) is 11.0. The van der Waals surface area contributed by atoms with E-state index in [1.54, 1.807) is 0 Å². The number of likely N-dealkylation sites (tertiary alicyclic amines) is 1. The van der Waals surface area contributed by atoms with Gasteiger partial charge < -0.3 is 4.74 Å². The highest BCUT2D eigenvalue weighted by Crippen LogP contribution is 2.07. The molecule has 1 rings (SSSR count). The van der Waals surface area contributed by atoms with Gasteiger partial charge in [-0.2, -0.15) is 0 Å². The van der Waals surface area contributed by atoms with Crippen LogP contribution in [0.4, 0.5) is 0 Å². The molecule has 0 amide bonds. The molecule has 0 aromatic carbocycles. The summed E-state index contributed by atoms with van der Waals surface area (Å²) < 4.78 is 4.97. The van der Waals surface area contributed by atoms with Crippen LogP contribution in [0.5, 0.6) is 0 Å². The van der Waals surface area contributed by atoms with Gasteiger partial charge in [-0.3, -0.25) is 9.69 Å². The Labute approximate surface area is 87.6 Å². The number of esters is 1. The molecule has 1 fully saturated rings. The Hall–Kier alpha value is -0.0900. The predicted molar refractivity (Wildman–Crippen MR) is 55.0 cm³/mol. The van der Waals surface area contributed by atoms with Crippen LogP contribution < -0.4 is 0 Å². The van der Waals surface area contributed by atoms with E-state index in [0.717, 1.165) is 19.6 Å². The molecule has 76 valence electrons. The van der Waals surface area contributed by atoms with Crippen LogP contribution in [0.15, 0.2) is 0 Å².